The summed E-state index contributed by atoms with van der Waals surface area (Å²) in [5.41, 5.74) is 0.837. The van der Waals surface area contributed by atoms with Gasteiger partial charge in [0.25, 0.3) is 0 Å². The summed E-state index contributed by atoms with van der Waals surface area (Å²) in [6, 6.07) is 2.98. The lowest BCUT2D eigenvalue weighted by Crippen LogP contribution is -2.30. The number of aromatic nitrogens is 2. The maximum Gasteiger partial charge on any atom is 0.355 e. The summed E-state index contributed by atoms with van der Waals surface area (Å²) in [7, 11) is -2.03. The second kappa shape index (κ2) is 7.18. The Morgan fingerprint density at radius 1 is 1.33 bits per heavy atom. The van der Waals surface area contributed by atoms with Crippen LogP contribution in [-0.4, -0.2) is 41.5 Å². The number of carbonyl (C=O) groups is 1. The first kappa shape index (κ1) is 18.2. The third-order valence-electron chi connectivity index (χ3n) is 3.55. The highest BCUT2D eigenvalue weighted by Crippen LogP contribution is 2.19. The Hall–Kier alpha value is -2.13. The summed E-state index contributed by atoms with van der Waals surface area (Å²) in [5.74, 6) is -0.210. The van der Waals surface area contributed by atoms with Gasteiger partial charge in [0, 0.05) is 32.4 Å². The molecule has 24 heavy (non-hydrogen) atoms. The van der Waals surface area contributed by atoms with Crippen molar-refractivity contribution in [1.82, 2.24) is 14.0 Å². The predicted molar refractivity (Wildman–Crippen MR) is 85.9 cm³/mol. The molecule has 8 nitrogen and oxygen atoms in total. The van der Waals surface area contributed by atoms with E-state index in [0.29, 0.717) is 24.5 Å². The van der Waals surface area contributed by atoms with E-state index >= 15 is 0 Å². The van der Waals surface area contributed by atoms with E-state index in [2.05, 4.69) is 5.16 Å². The fourth-order valence-electron chi connectivity index (χ4n) is 2.29. The van der Waals surface area contributed by atoms with Crippen molar-refractivity contribution >= 4 is 16.0 Å². The van der Waals surface area contributed by atoms with Crippen LogP contribution in [0.2, 0.25) is 0 Å². The van der Waals surface area contributed by atoms with Crippen LogP contribution in [0.3, 0.4) is 0 Å². The quantitative estimate of drug-likeness (QED) is 0.702. The van der Waals surface area contributed by atoms with Crippen molar-refractivity contribution in [3.8, 4) is 0 Å². The molecule has 0 fully saturated rings. The van der Waals surface area contributed by atoms with Crippen LogP contribution in [-0.2, 0) is 28.4 Å². The molecule has 0 saturated heterocycles. The van der Waals surface area contributed by atoms with Crippen LogP contribution in [0.1, 0.15) is 35.8 Å². The molecule has 0 atom stereocenters. The van der Waals surface area contributed by atoms with Gasteiger partial charge in [-0.05, 0) is 13.0 Å². The molecule has 2 heterocycles. The molecule has 0 amide bonds. The summed E-state index contributed by atoms with van der Waals surface area (Å²) in [5, 5.41) is 3.70. The monoisotopic (exact) mass is 355 g/mol. The smallest absolute Gasteiger partial charge is 0.355 e. The average molecular weight is 355 g/mol. The van der Waals surface area contributed by atoms with Gasteiger partial charge >= 0.3 is 5.97 Å². The zero-order valence-corrected chi connectivity index (χ0v) is 15.0. The maximum absolute atomic E-state index is 12.5. The van der Waals surface area contributed by atoms with Gasteiger partial charge in [-0.3, -0.25) is 0 Å². The Balaban J connectivity index is 2.17. The van der Waals surface area contributed by atoms with E-state index in [9.17, 15) is 13.2 Å². The van der Waals surface area contributed by atoms with Gasteiger partial charge in [0.15, 0.2) is 12.4 Å². The number of nitrogens with zero attached hydrogens (tertiary/aromatic N) is 3. The number of ether oxygens (including phenoxy) is 1. The Bertz CT molecular complexity index is 818. The molecule has 0 aromatic carbocycles. The van der Waals surface area contributed by atoms with Crippen LogP contribution in [0.25, 0.3) is 0 Å². The van der Waals surface area contributed by atoms with Crippen molar-refractivity contribution in [3.63, 3.8) is 0 Å². The molecule has 132 valence electrons. The lowest BCUT2D eigenvalue weighted by molar-refractivity contribution is 0.0426. The van der Waals surface area contributed by atoms with Crippen molar-refractivity contribution in [2.45, 2.75) is 32.3 Å². The van der Waals surface area contributed by atoms with E-state index in [1.165, 1.54) is 21.1 Å². The molecule has 9 heteroatoms. The predicted octanol–water partition coefficient (Wildman–Crippen LogP) is 1.71. The van der Waals surface area contributed by atoms with Crippen LogP contribution < -0.4 is 0 Å². The van der Waals surface area contributed by atoms with Crippen molar-refractivity contribution in [3.05, 3.63) is 35.5 Å². The van der Waals surface area contributed by atoms with Gasteiger partial charge in [0.2, 0.25) is 10.0 Å². The minimum atomic E-state index is -3.62. The summed E-state index contributed by atoms with van der Waals surface area (Å²) >= 11 is 0. The van der Waals surface area contributed by atoms with E-state index in [-0.39, 0.29) is 17.2 Å². The molecule has 0 bridgehead atoms. The number of aryl methyl sites for hydroxylation is 2. The Morgan fingerprint density at radius 3 is 2.54 bits per heavy atom. The third kappa shape index (κ3) is 3.68. The van der Waals surface area contributed by atoms with Crippen LogP contribution in [0.15, 0.2) is 27.7 Å². The largest absolute Gasteiger partial charge is 0.453 e. The van der Waals surface area contributed by atoms with Gasteiger partial charge in [-0.2, -0.15) is 4.31 Å². The zero-order valence-electron chi connectivity index (χ0n) is 14.1. The summed E-state index contributed by atoms with van der Waals surface area (Å²) in [6.07, 6.45) is 1.41. The summed E-state index contributed by atoms with van der Waals surface area (Å²) < 4.78 is 37.9. The molecule has 0 aliphatic heterocycles. The zero-order chi connectivity index (χ0) is 17.9. The highest BCUT2D eigenvalue weighted by atomic mass is 32.2. The van der Waals surface area contributed by atoms with E-state index in [4.69, 9.17) is 9.26 Å². The molecule has 0 spiro atoms. The molecule has 2 rings (SSSR count). The van der Waals surface area contributed by atoms with E-state index in [1.807, 2.05) is 0 Å². The van der Waals surface area contributed by atoms with E-state index in [0.717, 1.165) is 0 Å². The number of hydrogen-bond acceptors (Lipinski definition) is 6. The minimum absolute atomic E-state index is 0.0659. The molecular weight excluding hydrogens is 334 g/mol. The maximum atomic E-state index is 12.5. The number of esters is 1. The van der Waals surface area contributed by atoms with Crippen molar-refractivity contribution in [2.75, 3.05) is 13.1 Å². The average Bonchev–Trinajstić information content (AvgIpc) is 3.12. The Morgan fingerprint density at radius 2 is 2.00 bits per heavy atom. The fraction of sp³-hybridized carbons (Fsp3) is 0.467. The first-order chi connectivity index (χ1) is 11.3. The van der Waals surface area contributed by atoms with Crippen molar-refractivity contribution in [2.24, 2.45) is 7.05 Å². The molecule has 0 aliphatic rings. The second-order valence-electron chi connectivity index (χ2n) is 5.27. The summed E-state index contributed by atoms with van der Waals surface area (Å²) in [4.78, 5) is 12.2. The molecule has 2 aromatic heterocycles. The summed E-state index contributed by atoms with van der Waals surface area (Å²) in [6.45, 7) is 5.94. The van der Waals surface area contributed by atoms with Crippen LogP contribution in [0, 0.1) is 6.92 Å². The molecule has 0 radical (unpaired) electrons. The normalized spacial score (nSPS) is 11.9. The van der Waals surface area contributed by atoms with Crippen LogP contribution in [0.5, 0.6) is 0 Å². The second-order valence-corrected chi connectivity index (χ2v) is 7.21. The van der Waals surface area contributed by atoms with Gasteiger partial charge in [0.1, 0.15) is 10.6 Å². The van der Waals surface area contributed by atoms with Crippen molar-refractivity contribution in [1.29, 1.82) is 0 Å². The molecule has 0 N–H and O–H groups in total. The fourth-order valence-corrected chi connectivity index (χ4v) is 3.82. The van der Waals surface area contributed by atoms with Gasteiger partial charge < -0.3 is 13.8 Å². The number of sulfonamides is 1. The SMILES string of the molecule is CCN(CC)S(=O)(=O)c1cc(C(=O)OCc2cc(C)no2)n(C)c1. The molecule has 0 unspecified atom stereocenters. The van der Waals surface area contributed by atoms with Crippen molar-refractivity contribution < 1.29 is 22.5 Å². The first-order valence-electron chi connectivity index (χ1n) is 7.55. The minimum Gasteiger partial charge on any atom is -0.453 e. The van der Waals surface area contributed by atoms with E-state index in [1.54, 1.807) is 33.9 Å². The lowest BCUT2D eigenvalue weighted by Gasteiger charge is -2.17. The molecule has 0 aliphatic carbocycles. The highest BCUT2D eigenvalue weighted by Gasteiger charge is 2.26. The number of carbonyl (C=O) groups excluding carboxylic acids is 1. The molecule has 2 aromatic rings. The highest BCUT2D eigenvalue weighted by molar-refractivity contribution is 7.89. The van der Waals surface area contributed by atoms with Crippen LogP contribution >= 0.6 is 0 Å². The Kier molecular flexibility index (Phi) is 5.45. The lowest BCUT2D eigenvalue weighted by atomic mass is 10.4. The first-order valence-corrected chi connectivity index (χ1v) is 8.99. The van der Waals surface area contributed by atoms with Gasteiger partial charge in [0.05, 0.1) is 5.69 Å². The number of hydrogen-bond donors (Lipinski definition) is 0. The topological polar surface area (TPSA) is 94.6 Å². The third-order valence-corrected chi connectivity index (χ3v) is 5.57. The Labute approximate surface area is 141 Å². The van der Waals surface area contributed by atoms with Gasteiger partial charge in [-0.15, -0.1) is 0 Å². The van der Waals surface area contributed by atoms with Gasteiger partial charge in [-0.25, -0.2) is 13.2 Å². The van der Waals surface area contributed by atoms with E-state index < -0.39 is 16.0 Å². The van der Waals surface area contributed by atoms with Gasteiger partial charge in [-0.1, -0.05) is 19.0 Å². The standard InChI is InChI=1S/C15H21N3O5S/c1-5-18(6-2)24(20,21)13-8-14(17(4)9-13)15(19)22-10-12-7-11(3)16-23-12/h7-9H,5-6,10H2,1-4H3. The van der Waals surface area contributed by atoms with Crippen LogP contribution in [0.4, 0.5) is 0 Å². The molecule has 0 saturated carbocycles. The number of rotatable bonds is 7. The molecular formula is C15H21N3O5S.